The first-order chi connectivity index (χ1) is 10.6. The average Bonchev–Trinajstić information content (AvgIpc) is 3.06. The van der Waals surface area contributed by atoms with Crippen LogP contribution in [0.3, 0.4) is 0 Å². The standard InChI is InChI=1S/C18H17ClN2O/c1-12-6-7-14-15(10-12)18(22,21-9-8-20-17(14)21)11-13-4-2-3-5-16(13)19/h2-7,10,22H,8-9,11H2,1H3. The van der Waals surface area contributed by atoms with Gasteiger partial charge in [-0.2, -0.15) is 0 Å². The number of amidine groups is 1. The molecule has 0 bridgehead atoms. The molecule has 2 heterocycles. The van der Waals surface area contributed by atoms with Crippen molar-refractivity contribution in [1.82, 2.24) is 4.90 Å². The van der Waals surface area contributed by atoms with E-state index in [0.29, 0.717) is 11.4 Å². The van der Waals surface area contributed by atoms with E-state index in [1.807, 2.05) is 36.1 Å². The molecule has 22 heavy (non-hydrogen) atoms. The van der Waals surface area contributed by atoms with Gasteiger partial charge in [-0.25, -0.2) is 0 Å². The third kappa shape index (κ3) is 1.89. The second-order valence-electron chi connectivity index (χ2n) is 5.99. The molecule has 0 amide bonds. The maximum Gasteiger partial charge on any atom is 0.170 e. The normalized spacial score (nSPS) is 22.5. The predicted molar refractivity (Wildman–Crippen MR) is 88.3 cm³/mol. The number of aliphatic imine (C=N–C) groups is 1. The molecule has 2 aromatic rings. The molecule has 4 rings (SSSR count). The molecule has 2 aliphatic heterocycles. The molecule has 2 aromatic carbocycles. The summed E-state index contributed by atoms with van der Waals surface area (Å²) in [7, 11) is 0. The maximum atomic E-state index is 11.5. The van der Waals surface area contributed by atoms with Crippen LogP contribution in [0.4, 0.5) is 0 Å². The Kier molecular flexibility index (Phi) is 3.03. The molecule has 0 spiro atoms. The molecule has 3 nitrogen and oxygen atoms in total. The Morgan fingerprint density at radius 1 is 1.27 bits per heavy atom. The highest BCUT2D eigenvalue weighted by Gasteiger charge is 2.48. The van der Waals surface area contributed by atoms with Gasteiger partial charge in [-0.1, -0.05) is 53.6 Å². The van der Waals surface area contributed by atoms with Gasteiger partial charge in [0.2, 0.25) is 0 Å². The number of aliphatic hydroxyl groups is 1. The van der Waals surface area contributed by atoms with E-state index in [4.69, 9.17) is 11.6 Å². The SMILES string of the molecule is Cc1ccc2c(c1)C(O)(Cc1ccccc1Cl)N1CCN=C21. The molecule has 1 unspecified atom stereocenters. The van der Waals surface area contributed by atoms with Crippen molar-refractivity contribution in [2.24, 2.45) is 4.99 Å². The third-order valence-electron chi connectivity index (χ3n) is 4.53. The summed E-state index contributed by atoms with van der Waals surface area (Å²) in [5.74, 6) is 0.907. The summed E-state index contributed by atoms with van der Waals surface area (Å²) >= 11 is 6.31. The van der Waals surface area contributed by atoms with Gasteiger partial charge in [0.15, 0.2) is 5.72 Å². The zero-order chi connectivity index (χ0) is 15.3. The summed E-state index contributed by atoms with van der Waals surface area (Å²) in [5.41, 5.74) is 3.00. The molecule has 1 atom stereocenters. The molecule has 0 fully saturated rings. The van der Waals surface area contributed by atoms with E-state index in [0.717, 1.165) is 41.2 Å². The predicted octanol–water partition coefficient (Wildman–Crippen LogP) is 3.11. The van der Waals surface area contributed by atoms with Crippen LogP contribution < -0.4 is 0 Å². The first-order valence-electron chi connectivity index (χ1n) is 7.49. The molecule has 4 heteroatoms. The monoisotopic (exact) mass is 312 g/mol. The van der Waals surface area contributed by atoms with Crippen LogP contribution in [0, 0.1) is 6.92 Å². The zero-order valence-electron chi connectivity index (χ0n) is 12.4. The minimum Gasteiger partial charge on any atom is -0.366 e. The summed E-state index contributed by atoms with van der Waals surface area (Å²) < 4.78 is 0. The Labute approximate surface area is 134 Å². The fraction of sp³-hybridized carbons (Fsp3) is 0.278. The summed E-state index contributed by atoms with van der Waals surface area (Å²) in [6.45, 7) is 3.51. The zero-order valence-corrected chi connectivity index (χ0v) is 13.1. The highest BCUT2D eigenvalue weighted by atomic mass is 35.5. The van der Waals surface area contributed by atoms with Crippen molar-refractivity contribution in [2.75, 3.05) is 13.1 Å². The lowest BCUT2D eigenvalue weighted by Crippen LogP contribution is -2.44. The van der Waals surface area contributed by atoms with Gasteiger partial charge in [0.1, 0.15) is 5.84 Å². The lowest BCUT2D eigenvalue weighted by molar-refractivity contribution is -0.0638. The molecular formula is C18H17ClN2O. The van der Waals surface area contributed by atoms with Crippen LogP contribution in [0.25, 0.3) is 0 Å². The van der Waals surface area contributed by atoms with Crippen LogP contribution in [0.1, 0.15) is 22.3 Å². The van der Waals surface area contributed by atoms with Gasteiger partial charge in [0.05, 0.1) is 6.54 Å². The number of benzene rings is 2. The second-order valence-corrected chi connectivity index (χ2v) is 6.40. The number of aryl methyl sites for hydroxylation is 1. The van der Waals surface area contributed by atoms with Crippen LogP contribution in [0.5, 0.6) is 0 Å². The van der Waals surface area contributed by atoms with E-state index in [9.17, 15) is 5.11 Å². The van der Waals surface area contributed by atoms with Gasteiger partial charge in [-0.05, 0) is 18.6 Å². The third-order valence-corrected chi connectivity index (χ3v) is 4.90. The Hall–Kier alpha value is -1.84. The van der Waals surface area contributed by atoms with Crippen LogP contribution in [-0.2, 0) is 12.1 Å². The van der Waals surface area contributed by atoms with E-state index < -0.39 is 5.72 Å². The number of fused-ring (bicyclic) bond motifs is 3. The molecule has 2 aliphatic rings. The van der Waals surface area contributed by atoms with E-state index in [2.05, 4.69) is 23.2 Å². The summed E-state index contributed by atoms with van der Waals surface area (Å²) in [5, 5.41) is 12.2. The van der Waals surface area contributed by atoms with E-state index in [1.54, 1.807) is 0 Å². The highest BCUT2D eigenvalue weighted by Crippen LogP contribution is 2.42. The Morgan fingerprint density at radius 3 is 2.91 bits per heavy atom. The first-order valence-corrected chi connectivity index (χ1v) is 7.87. The number of hydrogen-bond donors (Lipinski definition) is 1. The highest BCUT2D eigenvalue weighted by molar-refractivity contribution is 6.31. The maximum absolute atomic E-state index is 11.5. The van der Waals surface area contributed by atoms with Crippen LogP contribution >= 0.6 is 11.6 Å². The van der Waals surface area contributed by atoms with Crippen molar-refractivity contribution < 1.29 is 5.11 Å². The summed E-state index contributed by atoms with van der Waals surface area (Å²) in [4.78, 5) is 6.59. The van der Waals surface area contributed by atoms with Crippen molar-refractivity contribution >= 4 is 17.4 Å². The lowest BCUT2D eigenvalue weighted by atomic mass is 9.93. The molecular weight excluding hydrogens is 296 g/mol. The van der Waals surface area contributed by atoms with Crippen molar-refractivity contribution in [3.8, 4) is 0 Å². The largest absolute Gasteiger partial charge is 0.366 e. The van der Waals surface area contributed by atoms with Crippen molar-refractivity contribution in [3.63, 3.8) is 0 Å². The summed E-state index contributed by atoms with van der Waals surface area (Å²) in [6.07, 6.45) is 0.460. The Morgan fingerprint density at radius 2 is 2.09 bits per heavy atom. The topological polar surface area (TPSA) is 35.8 Å². The van der Waals surface area contributed by atoms with Crippen molar-refractivity contribution in [3.05, 3.63) is 69.7 Å². The number of hydrogen-bond acceptors (Lipinski definition) is 3. The van der Waals surface area contributed by atoms with Gasteiger partial charge in [0, 0.05) is 29.1 Å². The van der Waals surface area contributed by atoms with E-state index in [-0.39, 0.29) is 0 Å². The minimum absolute atomic E-state index is 0.460. The minimum atomic E-state index is -1.07. The molecule has 0 saturated carbocycles. The Bertz CT molecular complexity index is 786. The van der Waals surface area contributed by atoms with Crippen molar-refractivity contribution in [2.45, 2.75) is 19.1 Å². The lowest BCUT2D eigenvalue weighted by Gasteiger charge is -2.34. The fourth-order valence-corrected chi connectivity index (χ4v) is 3.67. The van der Waals surface area contributed by atoms with Crippen LogP contribution in [-0.4, -0.2) is 28.9 Å². The molecule has 0 saturated heterocycles. The molecule has 112 valence electrons. The summed E-state index contributed by atoms with van der Waals surface area (Å²) in [6, 6.07) is 13.9. The number of rotatable bonds is 2. The van der Waals surface area contributed by atoms with Crippen LogP contribution in [0.2, 0.25) is 5.02 Å². The molecule has 0 radical (unpaired) electrons. The number of halogens is 1. The van der Waals surface area contributed by atoms with E-state index in [1.165, 1.54) is 0 Å². The van der Waals surface area contributed by atoms with Gasteiger partial charge in [0.25, 0.3) is 0 Å². The fourth-order valence-electron chi connectivity index (χ4n) is 3.47. The quantitative estimate of drug-likeness (QED) is 0.925. The first kappa shape index (κ1) is 13.8. The molecule has 0 aromatic heterocycles. The van der Waals surface area contributed by atoms with Gasteiger partial charge >= 0.3 is 0 Å². The molecule has 0 aliphatic carbocycles. The van der Waals surface area contributed by atoms with Gasteiger partial charge in [-0.15, -0.1) is 0 Å². The van der Waals surface area contributed by atoms with Crippen LogP contribution in [0.15, 0.2) is 47.5 Å². The average molecular weight is 313 g/mol. The second kappa shape index (κ2) is 4.83. The van der Waals surface area contributed by atoms with E-state index >= 15 is 0 Å². The van der Waals surface area contributed by atoms with Crippen molar-refractivity contribution in [1.29, 1.82) is 0 Å². The molecule has 1 N–H and O–H groups in total. The number of nitrogens with zero attached hydrogens (tertiary/aromatic N) is 2. The Balaban J connectivity index is 1.85. The van der Waals surface area contributed by atoms with Gasteiger partial charge < -0.3 is 10.0 Å². The smallest absolute Gasteiger partial charge is 0.170 e. The van der Waals surface area contributed by atoms with Gasteiger partial charge in [-0.3, -0.25) is 4.99 Å².